The second kappa shape index (κ2) is 8.94. The lowest BCUT2D eigenvalue weighted by atomic mass is 10.1. The second-order valence-electron chi connectivity index (χ2n) is 5.87. The van der Waals surface area contributed by atoms with Crippen molar-refractivity contribution >= 4 is 35.1 Å². The normalized spacial score (nSPS) is 10.6. The van der Waals surface area contributed by atoms with Crippen molar-refractivity contribution in [3.05, 3.63) is 71.0 Å². The summed E-state index contributed by atoms with van der Waals surface area (Å²) in [5.74, 6) is -0.145. The van der Waals surface area contributed by atoms with E-state index in [0.717, 1.165) is 28.0 Å². The summed E-state index contributed by atoms with van der Waals surface area (Å²) in [6.45, 7) is 0.332. The number of nitrogens with zero attached hydrogens (tertiary/aromatic N) is 2. The summed E-state index contributed by atoms with van der Waals surface area (Å²) in [4.78, 5) is 17.2. The molecule has 3 N–H and O–H groups in total. The fourth-order valence-corrected chi connectivity index (χ4v) is 3.19. The number of nitrogens with two attached hydrogens (primary N) is 1. The fraction of sp³-hybridized carbons (Fsp3) is 0.158. The van der Waals surface area contributed by atoms with Gasteiger partial charge >= 0.3 is 0 Å². The smallest absolute Gasteiger partial charge is 0.296 e. The SMILES string of the molecule is Cn1ccnc1OCc1ccc(NC(=O)Cc2ccccc2Cl)cc1SN. The zero-order chi connectivity index (χ0) is 19.2. The summed E-state index contributed by atoms with van der Waals surface area (Å²) in [5, 5.41) is 9.23. The first-order chi connectivity index (χ1) is 13.1. The first kappa shape index (κ1) is 19.3. The molecule has 3 rings (SSSR count). The molecule has 0 spiro atoms. The minimum absolute atomic E-state index is 0.145. The molecular weight excluding hydrogens is 384 g/mol. The van der Waals surface area contributed by atoms with E-state index >= 15 is 0 Å². The van der Waals surface area contributed by atoms with Gasteiger partial charge in [0.1, 0.15) is 6.61 Å². The fourth-order valence-electron chi connectivity index (χ4n) is 2.51. The van der Waals surface area contributed by atoms with Gasteiger partial charge in [-0.3, -0.25) is 9.93 Å². The van der Waals surface area contributed by atoms with Crippen LogP contribution in [0.4, 0.5) is 5.69 Å². The summed E-state index contributed by atoms with van der Waals surface area (Å²) in [6, 6.07) is 13.3. The van der Waals surface area contributed by atoms with E-state index in [0.29, 0.717) is 23.3 Å². The van der Waals surface area contributed by atoms with Crippen molar-refractivity contribution < 1.29 is 9.53 Å². The monoisotopic (exact) mass is 402 g/mol. The Morgan fingerprint density at radius 2 is 2.11 bits per heavy atom. The number of amides is 1. The van der Waals surface area contributed by atoms with Crippen LogP contribution in [0, 0.1) is 0 Å². The third-order valence-corrected chi connectivity index (χ3v) is 4.92. The van der Waals surface area contributed by atoms with Gasteiger partial charge < -0.3 is 14.6 Å². The molecule has 27 heavy (non-hydrogen) atoms. The van der Waals surface area contributed by atoms with Crippen LogP contribution in [0.1, 0.15) is 11.1 Å². The Morgan fingerprint density at radius 1 is 1.30 bits per heavy atom. The highest BCUT2D eigenvalue weighted by Crippen LogP contribution is 2.24. The summed E-state index contributed by atoms with van der Waals surface area (Å²) in [5.41, 5.74) is 2.36. The minimum Gasteiger partial charge on any atom is -0.460 e. The van der Waals surface area contributed by atoms with Crippen LogP contribution in [0.25, 0.3) is 0 Å². The largest absolute Gasteiger partial charge is 0.460 e. The molecule has 0 aliphatic rings. The highest BCUT2D eigenvalue weighted by Gasteiger charge is 2.10. The van der Waals surface area contributed by atoms with Crippen LogP contribution in [0.2, 0.25) is 5.02 Å². The molecule has 0 fully saturated rings. The zero-order valence-corrected chi connectivity index (χ0v) is 16.3. The Balaban J connectivity index is 1.65. The Hall–Kier alpha value is -2.48. The minimum atomic E-state index is -0.145. The van der Waals surface area contributed by atoms with E-state index in [1.807, 2.05) is 49.6 Å². The van der Waals surface area contributed by atoms with Gasteiger partial charge in [0.15, 0.2) is 0 Å². The third kappa shape index (κ3) is 5.03. The number of carbonyl (C=O) groups is 1. The van der Waals surface area contributed by atoms with E-state index in [1.165, 1.54) is 0 Å². The number of carbonyl (C=O) groups excluding carboxylic acids is 1. The van der Waals surface area contributed by atoms with Gasteiger partial charge in [-0.1, -0.05) is 35.9 Å². The molecule has 1 amide bonds. The van der Waals surface area contributed by atoms with Gasteiger partial charge in [0.25, 0.3) is 6.01 Å². The summed E-state index contributed by atoms with van der Waals surface area (Å²) in [6.07, 6.45) is 3.69. The highest BCUT2D eigenvalue weighted by molar-refractivity contribution is 7.97. The lowest BCUT2D eigenvalue weighted by Gasteiger charge is -2.12. The lowest BCUT2D eigenvalue weighted by molar-refractivity contribution is -0.115. The molecule has 1 heterocycles. The number of hydrogen-bond donors (Lipinski definition) is 2. The molecule has 140 valence electrons. The number of rotatable bonds is 7. The van der Waals surface area contributed by atoms with E-state index < -0.39 is 0 Å². The quantitative estimate of drug-likeness (QED) is 0.587. The van der Waals surface area contributed by atoms with Crippen molar-refractivity contribution in [2.45, 2.75) is 17.9 Å². The average Bonchev–Trinajstić information content (AvgIpc) is 3.07. The van der Waals surface area contributed by atoms with Gasteiger partial charge in [-0.05, 0) is 35.7 Å². The predicted molar refractivity (Wildman–Crippen MR) is 108 cm³/mol. The number of benzene rings is 2. The first-order valence-electron chi connectivity index (χ1n) is 8.20. The number of nitrogens with one attached hydrogen (secondary N) is 1. The van der Waals surface area contributed by atoms with Gasteiger partial charge in [0, 0.05) is 40.6 Å². The van der Waals surface area contributed by atoms with Gasteiger partial charge in [0.05, 0.1) is 6.42 Å². The van der Waals surface area contributed by atoms with Gasteiger partial charge in [-0.25, -0.2) is 4.98 Å². The molecule has 0 unspecified atom stereocenters. The lowest BCUT2D eigenvalue weighted by Crippen LogP contribution is -2.15. The Morgan fingerprint density at radius 3 is 2.81 bits per heavy atom. The zero-order valence-electron chi connectivity index (χ0n) is 14.7. The van der Waals surface area contributed by atoms with Gasteiger partial charge in [-0.15, -0.1) is 0 Å². The highest BCUT2D eigenvalue weighted by atomic mass is 35.5. The van der Waals surface area contributed by atoms with Crippen LogP contribution in [0.3, 0.4) is 0 Å². The third-order valence-electron chi connectivity index (χ3n) is 3.92. The number of halogens is 1. The molecule has 3 aromatic rings. The maximum atomic E-state index is 12.3. The average molecular weight is 403 g/mol. The topological polar surface area (TPSA) is 82.2 Å². The van der Waals surface area contributed by atoms with Gasteiger partial charge in [0.2, 0.25) is 5.91 Å². The molecule has 2 aromatic carbocycles. The van der Waals surface area contributed by atoms with Crippen LogP contribution < -0.4 is 15.2 Å². The van der Waals surface area contributed by atoms with Crippen molar-refractivity contribution in [1.29, 1.82) is 0 Å². The predicted octanol–water partition coefficient (Wildman–Crippen LogP) is 3.80. The maximum Gasteiger partial charge on any atom is 0.296 e. The van der Waals surface area contributed by atoms with E-state index in [2.05, 4.69) is 10.3 Å². The Bertz CT molecular complexity index is 945. The van der Waals surface area contributed by atoms with E-state index in [-0.39, 0.29) is 12.3 Å². The molecule has 6 nitrogen and oxygen atoms in total. The maximum absolute atomic E-state index is 12.3. The van der Waals surface area contributed by atoms with Crippen molar-refractivity contribution in [3.63, 3.8) is 0 Å². The van der Waals surface area contributed by atoms with Crippen molar-refractivity contribution in [2.24, 2.45) is 12.2 Å². The molecule has 0 bridgehead atoms. The molecule has 0 aliphatic heterocycles. The van der Waals surface area contributed by atoms with Gasteiger partial charge in [-0.2, -0.15) is 0 Å². The van der Waals surface area contributed by atoms with Crippen LogP contribution in [-0.2, 0) is 24.9 Å². The number of anilines is 1. The molecule has 0 aliphatic carbocycles. The summed E-state index contributed by atoms with van der Waals surface area (Å²) >= 11 is 7.21. The number of hydrogen-bond acceptors (Lipinski definition) is 5. The Labute approximate surface area is 166 Å². The first-order valence-corrected chi connectivity index (χ1v) is 9.45. The molecule has 0 saturated heterocycles. The summed E-state index contributed by atoms with van der Waals surface area (Å²) in [7, 11) is 1.86. The molecule has 0 radical (unpaired) electrons. The second-order valence-corrected chi connectivity index (χ2v) is 6.95. The standard InChI is InChI=1S/C19H19ClN4O2S/c1-24-9-8-22-19(24)26-12-14-6-7-15(11-17(14)27-21)23-18(25)10-13-4-2-3-5-16(13)20/h2-9,11H,10,12,21H2,1H3,(H,23,25). The van der Waals surface area contributed by atoms with Crippen LogP contribution in [0.5, 0.6) is 6.01 Å². The summed E-state index contributed by atoms with van der Waals surface area (Å²) < 4.78 is 7.49. The van der Waals surface area contributed by atoms with Crippen molar-refractivity contribution in [2.75, 3.05) is 5.32 Å². The molecule has 8 heteroatoms. The van der Waals surface area contributed by atoms with Crippen LogP contribution >= 0.6 is 23.5 Å². The van der Waals surface area contributed by atoms with Crippen molar-refractivity contribution in [3.8, 4) is 6.01 Å². The van der Waals surface area contributed by atoms with Crippen LogP contribution in [0.15, 0.2) is 59.8 Å². The molecule has 0 atom stereocenters. The molecule has 1 aromatic heterocycles. The molecule has 0 saturated carbocycles. The number of ether oxygens (including phenoxy) is 1. The Kier molecular flexibility index (Phi) is 6.39. The van der Waals surface area contributed by atoms with Crippen molar-refractivity contribution in [1.82, 2.24) is 9.55 Å². The number of imidazole rings is 1. The number of aryl methyl sites for hydroxylation is 1. The number of aromatic nitrogens is 2. The van der Waals surface area contributed by atoms with E-state index in [9.17, 15) is 4.79 Å². The van der Waals surface area contributed by atoms with E-state index in [1.54, 1.807) is 16.8 Å². The van der Waals surface area contributed by atoms with Crippen LogP contribution in [-0.4, -0.2) is 15.5 Å². The van der Waals surface area contributed by atoms with E-state index in [4.69, 9.17) is 21.5 Å². The molecular formula is C19H19ClN4O2S.